The molecule has 0 atom stereocenters. The number of rotatable bonds is 5. The zero-order chi connectivity index (χ0) is 16.9. The summed E-state index contributed by atoms with van der Waals surface area (Å²) in [5, 5.41) is 8.55. The Morgan fingerprint density at radius 2 is 2.12 bits per heavy atom. The van der Waals surface area contributed by atoms with Crippen molar-refractivity contribution in [1.29, 1.82) is 0 Å². The molecule has 1 aliphatic rings. The van der Waals surface area contributed by atoms with E-state index in [0.717, 1.165) is 29.9 Å². The first-order valence-corrected chi connectivity index (χ1v) is 8.02. The van der Waals surface area contributed by atoms with Crippen LogP contribution in [0.1, 0.15) is 36.0 Å². The summed E-state index contributed by atoms with van der Waals surface area (Å²) in [5.74, 6) is -0.502. The van der Waals surface area contributed by atoms with Gasteiger partial charge in [0, 0.05) is 6.20 Å². The van der Waals surface area contributed by atoms with Gasteiger partial charge in [-0.1, -0.05) is 25.1 Å². The van der Waals surface area contributed by atoms with Gasteiger partial charge < -0.3 is 4.90 Å². The van der Waals surface area contributed by atoms with Crippen LogP contribution in [-0.4, -0.2) is 20.1 Å². The molecule has 0 saturated heterocycles. The van der Waals surface area contributed by atoms with Crippen LogP contribution in [0.25, 0.3) is 5.70 Å². The first kappa shape index (κ1) is 16.1. The van der Waals surface area contributed by atoms with Crippen LogP contribution in [0.15, 0.2) is 48.3 Å². The smallest absolute Gasteiger partial charge is 0.213 e. The quantitative estimate of drug-likeness (QED) is 0.620. The van der Waals surface area contributed by atoms with Crippen molar-refractivity contribution in [3.05, 3.63) is 76.9 Å². The number of hydrogen-bond donors (Lipinski definition) is 0. The number of aromatic nitrogens is 3. The van der Waals surface area contributed by atoms with E-state index in [2.05, 4.69) is 33.9 Å². The predicted molar refractivity (Wildman–Crippen MR) is 91.1 cm³/mol. The van der Waals surface area contributed by atoms with E-state index in [9.17, 15) is 4.39 Å². The fraction of sp³-hybridized carbons (Fsp3) is 0.263. The molecular weight excluding hydrogens is 303 g/mol. The SMILES string of the molecule is CCCc1cc(C)nnc1CN1C=CC=C=C1c1cccc(F)n1. The molecule has 0 bridgehead atoms. The van der Waals surface area contributed by atoms with Crippen molar-refractivity contribution < 1.29 is 4.39 Å². The highest BCUT2D eigenvalue weighted by molar-refractivity contribution is 5.62. The molecule has 3 rings (SSSR count). The van der Waals surface area contributed by atoms with Crippen molar-refractivity contribution in [2.75, 3.05) is 0 Å². The van der Waals surface area contributed by atoms with Crippen LogP contribution in [0.2, 0.25) is 0 Å². The maximum Gasteiger partial charge on any atom is 0.213 e. The van der Waals surface area contributed by atoms with Gasteiger partial charge in [-0.05, 0) is 49.3 Å². The van der Waals surface area contributed by atoms with Gasteiger partial charge in [0.15, 0.2) is 0 Å². The van der Waals surface area contributed by atoms with Gasteiger partial charge in [0.25, 0.3) is 0 Å². The van der Waals surface area contributed by atoms with Crippen LogP contribution >= 0.6 is 0 Å². The summed E-state index contributed by atoms with van der Waals surface area (Å²) < 4.78 is 13.5. The molecule has 0 fully saturated rings. The van der Waals surface area contributed by atoms with Crippen molar-refractivity contribution in [3.8, 4) is 0 Å². The third-order valence-electron chi connectivity index (χ3n) is 3.75. The monoisotopic (exact) mass is 322 g/mol. The Labute approximate surface area is 141 Å². The summed E-state index contributed by atoms with van der Waals surface area (Å²) in [6.07, 6.45) is 7.62. The largest absolute Gasteiger partial charge is 0.334 e. The first-order chi connectivity index (χ1) is 11.7. The Kier molecular flexibility index (Phi) is 4.82. The molecule has 0 spiro atoms. The van der Waals surface area contributed by atoms with E-state index in [4.69, 9.17) is 0 Å². The van der Waals surface area contributed by atoms with Gasteiger partial charge in [0.2, 0.25) is 5.95 Å². The van der Waals surface area contributed by atoms with E-state index in [1.165, 1.54) is 11.6 Å². The molecule has 2 aromatic heterocycles. The number of halogens is 1. The molecule has 5 heteroatoms. The van der Waals surface area contributed by atoms with Gasteiger partial charge in [0.05, 0.1) is 23.6 Å². The predicted octanol–water partition coefficient (Wildman–Crippen LogP) is 3.80. The first-order valence-electron chi connectivity index (χ1n) is 8.02. The minimum atomic E-state index is -0.502. The van der Waals surface area contributed by atoms with Crippen molar-refractivity contribution in [2.24, 2.45) is 0 Å². The molecule has 2 aromatic rings. The fourth-order valence-corrected chi connectivity index (χ4v) is 2.67. The van der Waals surface area contributed by atoms with Crippen molar-refractivity contribution in [1.82, 2.24) is 20.1 Å². The average molecular weight is 322 g/mol. The molecule has 0 aliphatic carbocycles. The Morgan fingerprint density at radius 3 is 2.92 bits per heavy atom. The summed E-state index contributed by atoms with van der Waals surface area (Å²) in [5.41, 5.74) is 7.45. The lowest BCUT2D eigenvalue weighted by molar-refractivity contribution is 0.501. The van der Waals surface area contributed by atoms with Crippen LogP contribution in [-0.2, 0) is 13.0 Å². The number of aryl methyl sites for hydroxylation is 2. The molecule has 24 heavy (non-hydrogen) atoms. The molecule has 0 N–H and O–H groups in total. The highest BCUT2D eigenvalue weighted by Gasteiger charge is 2.16. The second-order valence-corrected chi connectivity index (χ2v) is 5.68. The van der Waals surface area contributed by atoms with Gasteiger partial charge in [-0.2, -0.15) is 14.6 Å². The molecule has 122 valence electrons. The van der Waals surface area contributed by atoms with Crippen molar-refractivity contribution in [3.63, 3.8) is 0 Å². The number of pyridine rings is 1. The Bertz CT molecular complexity index is 835. The lowest BCUT2D eigenvalue weighted by Crippen LogP contribution is -2.19. The summed E-state index contributed by atoms with van der Waals surface area (Å²) >= 11 is 0. The van der Waals surface area contributed by atoms with Gasteiger partial charge in [0.1, 0.15) is 5.70 Å². The Balaban J connectivity index is 1.92. The average Bonchev–Trinajstić information content (AvgIpc) is 2.58. The summed E-state index contributed by atoms with van der Waals surface area (Å²) in [4.78, 5) is 5.94. The Morgan fingerprint density at radius 1 is 1.25 bits per heavy atom. The molecule has 0 saturated carbocycles. The second kappa shape index (κ2) is 7.20. The maximum absolute atomic E-state index is 13.5. The molecule has 0 unspecified atom stereocenters. The van der Waals surface area contributed by atoms with Crippen molar-refractivity contribution in [2.45, 2.75) is 33.2 Å². The van der Waals surface area contributed by atoms with Gasteiger partial charge in [-0.25, -0.2) is 4.98 Å². The number of nitrogens with zero attached hydrogens (tertiary/aromatic N) is 4. The zero-order valence-electron chi connectivity index (χ0n) is 13.8. The highest BCUT2D eigenvalue weighted by atomic mass is 19.1. The van der Waals surface area contributed by atoms with E-state index < -0.39 is 5.95 Å². The molecule has 0 radical (unpaired) electrons. The number of allylic oxidation sites excluding steroid dienone is 2. The molecule has 1 aliphatic heterocycles. The van der Waals surface area contributed by atoms with Crippen LogP contribution in [0, 0.1) is 12.9 Å². The third-order valence-corrected chi connectivity index (χ3v) is 3.75. The second-order valence-electron chi connectivity index (χ2n) is 5.68. The van der Waals surface area contributed by atoms with Crippen molar-refractivity contribution >= 4 is 5.70 Å². The lowest BCUT2D eigenvalue weighted by atomic mass is 10.1. The topological polar surface area (TPSA) is 41.9 Å². The standard InChI is InChI=1S/C19H19FN4/c1-3-7-15-12-14(2)22-23-17(15)13-24-11-5-4-9-18(24)16-8-6-10-19(20)21-16/h4-6,8,10-12H,3,7,13H2,1-2H3. The summed E-state index contributed by atoms with van der Waals surface area (Å²) in [6.45, 7) is 4.64. The minimum absolute atomic E-state index is 0.502. The molecule has 0 aromatic carbocycles. The van der Waals surface area contributed by atoms with Crippen LogP contribution in [0.4, 0.5) is 4.39 Å². The van der Waals surface area contributed by atoms with Crippen LogP contribution in [0.5, 0.6) is 0 Å². The Hall–Kier alpha value is -2.78. The normalized spacial score (nSPS) is 13.3. The van der Waals surface area contributed by atoms with E-state index >= 15 is 0 Å². The third kappa shape index (κ3) is 3.58. The number of hydrogen-bond acceptors (Lipinski definition) is 4. The highest BCUT2D eigenvalue weighted by Crippen LogP contribution is 2.23. The minimum Gasteiger partial charge on any atom is -0.334 e. The van der Waals surface area contributed by atoms with Crippen LogP contribution < -0.4 is 0 Å². The summed E-state index contributed by atoms with van der Waals surface area (Å²) in [7, 11) is 0. The van der Waals surface area contributed by atoms with E-state index in [0.29, 0.717) is 12.2 Å². The zero-order valence-corrected chi connectivity index (χ0v) is 13.8. The van der Waals surface area contributed by atoms with Gasteiger partial charge >= 0.3 is 0 Å². The van der Waals surface area contributed by atoms with E-state index in [1.807, 2.05) is 24.1 Å². The fourth-order valence-electron chi connectivity index (χ4n) is 2.67. The molecular formula is C19H19FN4. The van der Waals surface area contributed by atoms with E-state index in [1.54, 1.807) is 18.2 Å². The summed E-state index contributed by atoms with van der Waals surface area (Å²) in [6, 6.07) is 6.84. The van der Waals surface area contributed by atoms with Gasteiger partial charge in [-0.3, -0.25) is 0 Å². The van der Waals surface area contributed by atoms with E-state index in [-0.39, 0.29) is 0 Å². The lowest BCUT2D eigenvalue weighted by Gasteiger charge is -2.23. The molecule has 0 amide bonds. The molecule has 3 heterocycles. The van der Waals surface area contributed by atoms with Gasteiger partial charge in [-0.15, -0.1) is 0 Å². The molecule has 4 nitrogen and oxygen atoms in total. The van der Waals surface area contributed by atoms with Crippen LogP contribution in [0.3, 0.4) is 0 Å². The maximum atomic E-state index is 13.5.